The molecule has 44 heavy (non-hydrogen) atoms. The molecular weight excluding hydrogens is 554 g/mol. The van der Waals surface area contributed by atoms with Gasteiger partial charge in [0.15, 0.2) is 0 Å². The maximum atomic E-state index is 12.9. The number of carbonyl (C=O) groups excluding carboxylic acids is 2. The van der Waals surface area contributed by atoms with Crippen molar-refractivity contribution in [2.75, 3.05) is 13.7 Å². The van der Waals surface area contributed by atoms with Crippen LogP contribution in [0.25, 0.3) is 22.8 Å². The summed E-state index contributed by atoms with van der Waals surface area (Å²) in [5.41, 5.74) is 4.00. The molecule has 4 rings (SSSR count). The van der Waals surface area contributed by atoms with Gasteiger partial charge in [0.05, 0.1) is 13.7 Å². The number of methoxy groups -OCH3 is 1. The number of ether oxygens (including phenoxy) is 2. The summed E-state index contributed by atoms with van der Waals surface area (Å²) in [7, 11) is 1.31. The Morgan fingerprint density at radius 1 is 0.864 bits per heavy atom. The highest BCUT2D eigenvalue weighted by Crippen LogP contribution is 2.25. The largest absolute Gasteiger partial charge is 0.494 e. The van der Waals surface area contributed by atoms with E-state index in [-0.39, 0.29) is 17.7 Å². The number of unbranched alkanes of at least 4 members (excludes halogenated alkanes) is 4. The molecule has 232 valence electrons. The van der Waals surface area contributed by atoms with Crippen LogP contribution in [0.5, 0.6) is 5.75 Å². The summed E-state index contributed by atoms with van der Waals surface area (Å²) in [6.45, 7) is 9.27. The monoisotopic (exact) mass is 597 g/mol. The van der Waals surface area contributed by atoms with E-state index in [2.05, 4.69) is 43.2 Å². The average molecular weight is 598 g/mol. The fourth-order valence-corrected chi connectivity index (χ4v) is 4.77. The number of hydrogen-bond acceptors (Lipinski definition) is 7. The van der Waals surface area contributed by atoms with Gasteiger partial charge in [-0.3, -0.25) is 4.79 Å². The topological polar surface area (TPSA) is 104 Å². The normalized spacial score (nSPS) is 12.0. The van der Waals surface area contributed by atoms with E-state index in [1.54, 1.807) is 12.1 Å². The van der Waals surface area contributed by atoms with E-state index in [0.29, 0.717) is 23.9 Å². The number of esters is 1. The molecule has 0 aliphatic rings. The molecule has 0 saturated carbocycles. The summed E-state index contributed by atoms with van der Waals surface area (Å²) < 4.78 is 16.4. The number of rotatable bonds is 14. The summed E-state index contributed by atoms with van der Waals surface area (Å²) in [6.07, 6.45) is 6.27. The average Bonchev–Trinajstić information content (AvgIpc) is 3.53. The van der Waals surface area contributed by atoms with Crippen molar-refractivity contribution in [3.05, 3.63) is 89.5 Å². The highest BCUT2D eigenvalue weighted by Gasteiger charge is 2.23. The predicted molar refractivity (Wildman–Crippen MR) is 172 cm³/mol. The molecule has 1 unspecified atom stereocenters. The van der Waals surface area contributed by atoms with Crippen molar-refractivity contribution in [1.29, 1.82) is 0 Å². The van der Waals surface area contributed by atoms with Crippen molar-refractivity contribution in [1.82, 2.24) is 15.5 Å². The Balaban J connectivity index is 1.35. The van der Waals surface area contributed by atoms with E-state index in [1.165, 1.54) is 32.8 Å². The van der Waals surface area contributed by atoms with Gasteiger partial charge in [-0.1, -0.05) is 82.8 Å². The molecule has 3 aromatic carbocycles. The van der Waals surface area contributed by atoms with Gasteiger partial charge in [0.2, 0.25) is 5.82 Å². The standard InChI is InChI=1S/C36H43N3O5/c1-6-7-8-9-10-23-43-30-21-17-26(18-22-30)32-38-34(44-39-32)28-13-11-25(12-14-28)24-31(35(41)42-5)37-33(40)27-15-19-29(20-16-27)36(2,3)4/h11-22,31H,6-10,23-24H2,1-5H3,(H,37,40). The number of aromatic nitrogens is 2. The minimum absolute atomic E-state index is 0.0216. The van der Waals surface area contributed by atoms with E-state index < -0.39 is 12.0 Å². The Labute approximate surface area is 260 Å². The third kappa shape index (κ3) is 9.02. The molecule has 1 N–H and O–H groups in total. The van der Waals surface area contributed by atoms with Gasteiger partial charge in [-0.15, -0.1) is 0 Å². The molecular formula is C36H43N3O5. The minimum Gasteiger partial charge on any atom is -0.494 e. The second kappa shape index (κ2) is 15.3. The molecule has 1 atom stereocenters. The first-order valence-corrected chi connectivity index (χ1v) is 15.3. The molecule has 0 spiro atoms. The van der Waals surface area contributed by atoms with Gasteiger partial charge in [-0.2, -0.15) is 4.98 Å². The molecule has 4 aromatic rings. The van der Waals surface area contributed by atoms with Crippen LogP contribution in [-0.2, 0) is 21.4 Å². The Morgan fingerprint density at radius 3 is 2.16 bits per heavy atom. The molecule has 1 aromatic heterocycles. The first-order valence-electron chi connectivity index (χ1n) is 15.3. The lowest BCUT2D eigenvalue weighted by Gasteiger charge is -2.20. The molecule has 0 saturated heterocycles. The Morgan fingerprint density at radius 2 is 1.52 bits per heavy atom. The van der Waals surface area contributed by atoms with Crippen molar-refractivity contribution in [2.24, 2.45) is 0 Å². The second-order valence-electron chi connectivity index (χ2n) is 12.0. The first-order chi connectivity index (χ1) is 21.2. The maximum absolute atomic E-state index is 12.9. The van der Waals surface area contributed by atoms with Gasteiger partial charge < -0.3 is 19.3 Å². The summed E-state index contributed by atoms with van der Waals surface area (Å²) >= 11 is 0. The fourth-order valence-electron chi connectivity index (χ4n) is 4.77. The van der Waals surface area contributed by atoms with Gasteiger partial charge in [0.1, 0.15) is 11.8 Å². The SMILES string of the molecule is CCCCCCCOc1ccc(-c2noc(-c3ccc(CC(NC(=O)c4ccc(C(C)(C)C)cc4)C(=O)OC)cc3)n2)cc1. The molecule has 8 heteroatoms. The van der Waals surface area contributed by atoms with E-state index in [4.69, 9.17) is 14.0 Å². The van der Waals surface area contributed by atoms with Gasteiger partial charge in [0, 0.05) is 23.1 Å². The van der Waals surface area contributed by atoms with Crippen molar-refractivity contribution in [2.45, 2.75) is 77.7 Å². The molecule has 1 amide bonds. The molecule has 0 aliphatic heterocycles. The quantitative estimate of drug-likeness (QED) is 0.118. The van der Waals surface area contributed by atoms with Crippen molar-refractivity contribution in [3.8, 4) is 28.6 Å². The molecule has 0 radical (unpaired) electrons. The zero-order valence-electron chi connectivity index (χ0n) is 26.4. The third-order valence-corrected chi connectivity index (χ3v) is 7.50. The van der Waals surface area contributed by atoms with Gasteiger partial charge in [-0.05, 0) is 71.5 Å². The highest BCUT2D eigenvalue weighted by molar-refractivity contribution is 5.96. The molecule has 0 fully saturated rings. The molecule has 8 nitrogen and oxygen atoms in total. The fraction of sp³-hybridized carbons (Fsp3) is 0.389. The van der Waals surface area contributed by atoms with Crippen molar-refractivity contribution < 1.29 is 23.6 Å². The molecule has 0 bridgehead atoms. The van der Waals surface area contributed by atoms with E-state index in [0.717, 1.165) is 34.4 Å². The van der Waals surface area contributed by atoms with Crippen LogP contribution < -0.4 is 10.1 Å². The first kappa shape index (κ1) is 32.5. The van der Waals surface area contributed by atoms with E-state index >= 15 is 0 Å². The third-order valence-electron chi connectivity index (χ3n) is 7.50. The Hall–Kier alpha value is -4.46. The number of nitrogens with zero attached hydrogens (tertiary/aromatic N) is 2. The van der Waals surface area contributed by atoms with Crippen molar-refractivity contribution in [3.63, 3.8) is 0 Å². The lowest BCUT2D eigenvalue weighted by Crippen LogP contribution is -2.43. The maximum Gasteiger partial charge on any atom is 0.328 e. The van der Waals surface area contributed by atoms with Crippen LogP contribution in [0.1, 0.15) is 81.3 Å². The highest BCUT2D eigenvalue weighted by atomic mass is 16.5. The van der Waals surface area contributed by atoms with Crippen LogP contribution in [0.3, 0.4) is 0 Å². The van der Waals surface area contributed by atoms with Crippen LogP contribution in [0.2, 0.25) is 0 Å². The lowest BCUT2D eigenvalue weighted by atomic mass is 9.86. The second-order valence-corrected chi connectivity index (χ2v) is 12.0. The number of amides is 1. The number of benzene rings is 3. The summed E-state index contributed by atoms with van der Waals surface area (Å²) in [5.74, 6) is 0.842. The zero-order chi connectivity index (χ0) is 31.5. The lowest BCUT2D eigenvalue weighted by molar-refractivity contribution is -0.142. The van der Waals surface area contributed by atoms with E-state index in [9.17, 15) is 9.59 Å². The van der Waals surface area contributed by atoms with Gasteiger partial charge >= 0.3 is 5.97 Å². The van der Waals surface area contributed by atoms with Crippen LogP contribution in [0, 0.1) is 0 Å². The van der Waals surface area contributed by atoms with Crippen LogP contribution in [0.4, 0.5) is 0 Å². The predicted octanol–water partition coefficient (Wildman–Crippen LogP) is 7.56. The number of nitrogens with one attached hydrogen (secondary N) is 1. The number of carbonyl (C=O) groups is 2. The summed E-state index contributed by atoms with van der Waals surface area (Å²) in [6, 6.07) is 21.7. The Kier molecular flexibility index (Phi) is 11.3. The summed E-state index contributed by atoms with van der Waals surface area (Å²) in [5, 5.41) is 6.97. The van der Waals surface area contributed by atoms with E-state index in [1.807, 2.05) is 60.7 Å². The van der Waals surface area contributed by atoms with Crippen molar-refractivity contribution >= 4 is 11.9 Å². The Bertz CT molecular complexity index is 1490. The van der Waals surface area contributed by atoms with Gasteiger partial charge in [-0.25, -0.2) is 4.79 Å². The van der Waals surface area contributed by atoms with Crippen LogP contribution in [-0.4, -0.2) is 41.8 Å². The molecule has 1 heterocycles. The van der Waals surface area contributed by atoms with Gasteiger partial charge in [0.25, 0.3) is 11.8 Å². The summed E-state index contributed by atoms with van der Waals surface area (Å²) in [4.78, 5) is 30.0. The zero-order valence-corrected chi connectivity index (χ0v) is 26.4. The number of hydrogen-bond donors (Lipinski definition) is 1. The van der Waals surface area contributed by atoms with Crippen LogP contribution >= 0.6 is 0 Å². The minimum atomic E-state index is -0.844. The molecule has 0 aliphatic carbocycles. The smallest absolute Gasteiger partial charge is 0.328 e. The van der Waals surface area contributed by atoms with Crippen LogP contribution in [0.15, 0.2) is 77.3 Å².